The molecule has 0 saturated heterocycles. The molecule has 1 unspecified atom stereocenters. The molecule has 29 heavy (non-hydrogen) atoms. The summed E-state index contributed by atoms with van der Waals surface area (Å²) < 4.78 is 54.1. The second kappa shape index (κ2) is 8.46. The monoisotopic (exact) mass is 409 g/mol. The molecule has 1 N–H and O–H groups in total. The molecule has 0 spiro atoms. The minimum Gasteiger partial charge on any atom is -0.307 e. The van der Waals surface area contributed by atoms with Gasteiger partial charge in [0.1, 0.15) is 17.4 Å². The second-order valence-electron chi connectivity index (χ2n) is 6.59. The predicted octanol–water partition coefficient (Wildman–Crippen LogP) is 4.51. The molecule has 2 aromatic heterocycles. The van der Waals surface area contributed by atoms with Crippen LogP contribution in [0.5, 0.6) is 0 Å². The predicted molar refractivity (Wildman–Crippen MR) is 98.0 cm³/mol. The van der Waals surface area contributed by atoms with Crippen LogP contribution in [0, 0.1) is 6.92 Å². The van der Waals surface area contributed by atoms with Gasteiger partial charge in [0.2, 0.25) is 5.91 Å². The van der Waals surface area contributed by atoms with Crippen molar-refractivity contribution >= 4 is 11.7 Å². The fraction of sp³-hybridized carbons (Fsp3) is 0.316. The first-order chi connectivity index (χ1) is 13.7. The molecule has 1 aromatic carbocycles. The van der Waals surface area contributed by atoms with Gasteiger partial charge in [0.25, 0.3) is 12.9 Å². The summed E-state index contributed by atoms with van der Waals surface area (Å²) in [5.41, 5.74) is 0.585. The lowest BCUT2D eigenvalue weighted by molar-refractivity contribution is -0.119. The van der Waals surface area contributed by atoms with E-state index in [2.05, 4.69) is 15.5 Å². The van der Waals surface area contributed by atoms with Crippen LogP contribution in [0.15, 0.2) is 42.6 Å². The molecule has 154 valence electrons. The van der Waals surface area contributed by atoms with E-state index in [1.165, 1.54) is 6.92 Å². The van der Waals surface area contributed by atoms with Crippen molar-refractivity contribution in [2.45, 2.75) is 39.3 Å². The molecule has 0 radical (unpaired) electrons. The molecule has 0 aliphatic rings. The molecule has 0 aliphatic carbocycles. The summed E-state index contributed by atoms with van der Waals surface area (Å²) in [4.78, 5) is 12.4. The maximum absolute atomic E-state index is 13.1. The van der Waals surface area contributed by atoms with Crippen molar-refractivity contribution in [2.75, 3.05) is 5.32 Å². The zero-order valence-corrected chi connectivity index (χ0v) is 15.7. The largest absolute Gasteiger partial charge is 0.307 e. The van der Waals surface area contributed by atoms with Crippen molar-refractivity contribution in [2.24, 2.45) is 0 Å². The number of aromatic nitrogens is 4. The maximum atomic E-state index is 13.1. The first kappa shape index (κ1) is 20.6. The van der Waals surface area contributed by atoms with E-state index in [-0.39, 0.29) is 5.82 Å². The smallest absolute Gasteiger partial charge is 0.282 e. The number of carbonyl (C=O) groups excluding carboxylic acids is 1. The third-order valence-electron chi connectivity index (χ3n) is 4.30. The van der Waals surface area contributed by atoms with Crippen LogP contribution < -0.4 is 5.32 Å². The van der Waals surface area contributed by atoms with Crippen LogP contribution in [0.1, 0.15) is 48.3 Å². The molecule has 10 heteroatoms. The third-order valence-corrected chi connectivity index (χ3v) is 4.30. The summed E-state index contributed by atoms with van der Waals surface area (Å²) in [6.45, 7) is 3.76. The molecule has 0 fully saturated rings. The molecular weight excluding hydrogens is 390 g/mol. The summed E-state index contributed by atoms with van der Waals surface area (Å²) in [7, 11) is 0. The van der Waals surface area contributed by atoms with E-state index >= 15 is 0 Å². The van der Waals surface area contributed by atoms with Crippen LogP contribution in [-0.4, -0.2) is 25.5 Å². The van der Waals surface area contributed by atoms with Crippen molar-refractivity contribution in [3.05, 3.63) is 65.1 Å². The summed E-state index contributed by atoms with van der Waals surface area (Å²) in [6.07, 6.45) is -4.39. The number of aryl methyl sites for hydroxylation is 1. The van der Waals surface area contributed by atoms with Crippen LogP contribution in [0.25, 0.3) is 0 Å². The van der Waals surface area contributed by atoms with E-state index in [1.54, 1.807) is 16.9 Å². The number of hydrogen-bond acceptors (Lipinski definition) is 3. The topological polar surface area (TPSA) is 64.7 Å². The van der Waals surface area contributed by atoms with Gasteiger partial charge < -0.3 is 5.32 Å². The Hall–Kier alpha value is -3.17. The Labute approximate surface area is 164 Å². The average Bonchev–Trinajstić information content (AvgIpc) is 3.28. The highest BCUT2D eigenvalue weighted by Crippen LogP contribution is 2.27. The minimum absolute atomic E-state index is 0.217. The number of rotatable bonds is 7. The number of hydrogen-bond donors (Lipinski definition) is 1. The summed E-state index contributed by atoms with van der Waals surface area (Å²) in [6, 6.07) is 8.79. The van der Waals surface area contributed by atoms with E-state index < -0.39 is 36.2 Å². The Balaban J connectivity index is 1.71. The number of anilines is 1. The molecule has 1 atom stereocenters. The van der Waals surface area contributed by atoms with E-state index in [4.69, 9.17) is 0 Å². The Morgan fingerprint density at radius 3 is 2.52 bits per heavy atom. The molecule has 6 nitrogen and oxygen atoms in total. The first-order valence-electron chi connectivity index (χ1n) is 8.80. The number of benzene rings is 1. The van der Waals surface area contributed by atoms with E-state index in [9.17, 15) is 22.4 Å². The van der Waals surface area contributed by atoms with Crippen molar-refractivity contribution in [3.63, 3.8) is 0 Å². The minimum atomic E-state index is -3.04. The Morgan fingerprint density at radius 2 is 1.86 bits per heavy atom. The third kappa shape index (κ3) is 4.82. The molecular formula is C19H19F4N5O. The molecule has 0 aliphatic heterocycles. The van der Waals surface area contributed by atoms with Crippen molar-refractivity contribution in [1.29, 1.82) is 0 Å². The van der Waals surface area contributed by atoms with Gasteiger partial charge >= 0.3 is 0 Å². The number of nitrogens with one attached hydrogen (secondary N) is 1. The van der Waals surface area contributed by atoms with E-state index in [0.717, 1.165) is 11.1 Å². The van der Waals surface area contributed by atoms with Crippen molar-refractivity contribution in [3.8, 4) is 0 Å². The molecule has 0 bridgehead atoms. The highest BCUT2D eigenvalue weighted by atomic mass is 19.3. The lowest BCUT2D eigenvalue weighted by Crippen LogP contribution is -2.26. The van der Waals surface area contributed by atoms with E-state index in [1.807, 2.05) is 31.2 Å². The fourth-order valence-corrected chi connectivity index (χ4v) is 2.86. The van der Waals surface area contributed by atoms with Gasteiger partial charge in [0.15, 0.2) is 5.82 Å². The van der Waals surface area contributed by atoms with Gasteiger partial charge in [0, 0.05) is 12.3 Å². The molecule has 3 rings (SSSR count). The van der Waals surface area contributed by atoms with Crippen LogP contribution in [0.2, 0.25) is 0 Å². The molecule has 1 amide bonds. The maximum Gasteiger partial charge on any atom is 0.282 e. The van der Waals surface area contributed by atoms with Gasteiger partial charge in [-0.15, -0.1) is 0 Å². The highest BCUT2D eigenvalue weighted by molar-refractivity contribution is 5.92. The summed E-state index contributed by atoms with van der Waals surface area (Å²) in [5.74, 6) is -0.481. The second-order valence-corrected chi connectivity index (χ2v) is 6.59. The zero-order chi connectivity index (χ0) is 21.1. The molecule has 0 saturated carbocycles. The Bertz CT molecular complexity index is 998. The average molecular weight is 409 g/mol. The SMILES string of the molecule is Cc1cccc(Cn2ccc(NC(=O)C(C)n3nc(C(F)F)cc3C(F)F)n2)c1. The number of amides is 1. The Morgan fingerprint density at radius 1 is 1.10 bits per heavy atom. The van der Waals surface area contributed by atoms with Crippen LogP contribution >= 0.6 is 0 Å². The van der Waals surface area contributed by atoms with Gasteiger partial charge in [-0.05, 0) is 25.5 Å². The van der Waals surface area contributed by atoms with Gasteiger partial charge in [-0.2, -0.15) is 10.2 Å². The van der Waals surface area contributed by atoms with Crippen molar-refractivity contribution < 1.29 is 22.4 Å². The summed E-state index contributed by atoms with van der Waals surface area (Å²) in [5, 5.41) is 10.2. The molecule has 2 heterocycles. The number of carbonyl (C=O) groups is 1. The van der Waals surface area contributed by atoms with Crippen LogP contribution in [0.4, 0.5) is 23.4 Å². The van der Waals surface area contributed by atoms with Gasteiger partial charge in [-0.25, -0.2) is 17.6 Å². The number of halogens is 4. The standard InChI is InChI=1S/C19H19F4N5O/c1-11-4-3-5-13(8-11)10-27-7-6-16(26-27)24-19(29)12(2)28-15(18(22)23)9-14(25-28)17(20)21/h3-9,12,17-18H,10H2,1-2H3,(H,24,26,29). The lowest BCUT2D eigenvalue weighted by atomic mass is 10.1. The number of alkyl halides is 4. The number of nitrogens with zero attached hydrogens (tertiary/aromatic N) is 4. The summed E-state index contributed by atoms with van der Waals surface area (Å²) >= 11 is 0. The van der Waals surface area contributed by atoms with Gasteiger partial charge in [-0.1, -0.05) is 29.8 Å². The van der Waals surface area contributed by atoms with E-state index in [0.29, 0.717) is 17.3 Å². The lowest BCUT2D eigenvalue weighted by Gasteiger charge is -2.14. The Kier molecular flexibility index (Phi) is 6.00. The van der Waals surface area contributed by atoms with Gasteiger partial charge in [-0.3, -0.25) is 14.2 Å². The van der Waals surface area contributed by atoms with Crippen LogP contribution in [0.3, 0.4) is 0 Å². The first-order valence-corrected chi connectivity index (χ1v) is 8.80. The quantitative estimate of drug-likeness (QED) is 0.584. The highest BCUT2D eigenvalue weighted by Gasteiger charge is 2.27. The molecule has 3 aromatic rings. The normalized spacial score (nSPS) is 12.6. The zero-order valence-electron chi connectivity index (χ0n) is 15.7. The van der Waals surface area contributed by atoms with Gasteiger partial charge in [0.05, 0.1) is 6.54 Å². The van der Waals surface area contributed by atoms with Crippen LogP contribution in [-0.2, 0) is 11.3 Å². The fourth-order valence-electron chi connectivity index (χ4n) is 2.86. The van der Waals surface area contributed by atoms with Crippen molar-refractivity contribution in [1.82, 2.24) is 19.6 Å².